The molecule has 1 atom stereocenters. The second kappa shape index (κ2) is 7.11. The maximum absolute atomic E-state index is 11.8. The molecule has 0 radical (unpaired) electrons. The number of methoxy groups -OCH3 is 1. The van der Waals surface area contributed by atoms with Gasteiger partial charge in [-0.3, -0.25) is 4.79 Å². The van der Waals surface area contributed by atoms with Crippen molar-refractivity contribution in [3.8, 4) is 5.75 Å². The van der Waals surface area contributed by atoms with Crippen LogP contribution in [0.25, 0.3) is 0 Å². The average Bonchev–Trinajstić information content (AvgIpc) is 2.46. The molecule has 1 saturated heterocycles. The summed E-state index contributed by atoms with van der Waals surface area (Å²) in [5.41, 5.74) is 1.03. The first-order valence-electron chi connectivity index (χ1n) is 6.48. The number of carbonyl (C=O) groups is 1. The molecule has 5 nitrogen and oxygen atoms in total. The quantitative estimate of drug-likeness (QED) is 0.821. The first kappa shape index (κ1) is 13.8. The van der Waals surface area contributed by atoms with Gasteiger partial charge in [0.2, 0.25) is 5.91 Å². The van der Waals surface area contributed by atoms with Crippen LogP contribution in [0.1, 0.15) is 12.0 Å². The van der Waals surface area contributed by atoms with E-state index in [-0.39, 0.29) is 11.9 Å². The van der Waals surface area contributed by atoms with Crippen LogP contribution in [-0.2, 0) is 16.1 Å². The van der Waals surface area contributed by atoms with Gasteiger partial charge in [-0.2, -0.15) is 0 Å². The minimum Gasteiger partial charge on any atom is -0.497 e. The van der Waals surface area contributed by atoms with Crippen LogP contribution < -0.4 is 15.4 Å². The van der Waals surface area contributed by atoms with Crippen molar-refractivity contribution >= 4 is 5.91 Å². The first-order valence-corrected chi connectivity index (χ1v) is 6.48. The van der Waals surface area contributed by atoms with Gasteiger partial charge in [-0.15, -0.1) is 0 Å². The molecule has 0 bridgehead atoms. The maximum Gasteiger partial charge on any atom is 0.221 e. The molecule has 2 N–H and O–H groups in total. The highest BCUT2D eigenvalue weighted by Gasteiger charge is 2.16. The predicted molar refractivity (Wildman–Crippen MR) is 72.1 cm³/mol. The monoisotopic (exact) mass is 264 g/mol. The van der Waals surface area contributed by atoms with E-state index in [4.69, 9.17) is 9.47 Å². The Hall–Kier alpha value is -1.59. The second-order valence-electron chi connectivity index (χ2n) is 4.56. The molecule has 1 aromatic rings. The lowest BCUT2D eigenvalue weighted by molar-refractivity contribution is -0.122. The van der Waals surface area contributed by atoms with Gasteiger partial charge in [-0.05, 0) is 17.7 Å². The van der Waals surface area contributed by atoms with Gasteiger partial charge in [0.15, 0.2) is 0 Å². The molecular formula is C14H20N2O3. The molecule has 1 unspecified atom stereocenters. The van der Waals surface area contributed by atoms with Crippen LogP contribution in [0.2, 0.25) is 0 Å². The van der Waals surface area contributed by atoms with E-state index in [2.05, 4.69) is 10.6 Å². The van der Waals surface area contributed by atoms with Crippen LogP contribution in [0.5, 0.6) is 5.75 Å². The zero-order valence-corrected chi connectivity index (χ0v) is 11.1. The van der Waals surface area contributed by atoms with Crippen LogP contribution in [0.15, 0.2) is 24.3 Å². The molecule has 1 aliphatic rings. The summed E-state index contributed by atoms with van der Waals surface area (Å²) in [7, 11) is 1.63. The van der Waals surface area contributed by atoms with E-state index >= 15 is 0 Å². The van der Waals surface area contributed by atoms with Gasteiger partial charge in [0.05, 0.1) is 20.3 Å². The van der Waals surface area contributed by atoms with E-state index in [0.29, 0.717) is 19.6 Å². The number of morpholine rings is 1. The average molecular weight is 264 g/mol. The van der Waals surface area contributed by atoms with Crippen molar-refractivity contribution in [2.75, 3.05) is 26.9 Å². The molecular weight excluding hydrogens is 244 g/mol. The van der Waals surface area contributed by atoms with Crippen LogP contribution in [0.3, 0.4) is 0 Å². The van der Waals surface area contributed by atoms with Crippen molar-refractivity contribution in [1.82, 2.24) is 10.6 Å². The van der Waals surface area contributed by atoms with E-state index in [9.17, 15) is 4.79 Å². The largest absolute Gasteiger partial charge is 0.497 e. The van der Waals surface area contributed by atoms with Crippen molar-refractivity contribution in [2.24, 2.45) is 0 Å². The van der Waals surface area contributed by atoms with Gasteiger partial charge in [-0.25, -0.2) is 0 Å². The molecule has 1 heterocycles. The molecule has 0 spiro atoms. The van der Waals surface area contributed by atoms with Crippen molar-refractivity contribution in [1.29, 1.82) is 0 Å². The molecule has 1 amide bonds. The Morgan fingerprint density at radius 1 is 1.58 bits per heavy atom. The fourth-order valence-corrected chi connectivity index (χ4v) is 2.03. The summed E-state index contributed by atoms with van der Waals surface area (Å²) in [6, 6.07) is 7.80. The van der Waals surface area contributed by atoms with Gasteiger partial charge in [0.1, 0.15) is 5.75 Å². The van der Waals surface area contributed by atoms with E-state index in [0.717, 1.165) is 24.5 Å². The first-order chi connectivity index (χ1) is 9.28. The molecule has 19 heavy (non-hydrogen) atoms. The lowest BCUT2D eigenvalue weighted by Gasteiger charge is -2.23. The molecule has 2 rings (SSSR count). The van der Waals surface area contributed by atoms with Crippen molar-refractivity contribution < 1.29 is 14.3 Å². The van der Waals surface area contributed by atoms with Crippen LogP contribution in [0, 0.1) is 0 Å². The second-order valence-corrected chi connectivity index (χ2v) is 4.56. The SMILES string of the molecule is COc1cccc(CNC(=O)CC2COCCN2)c1. The summed E-state index contributed by atoms with van der Waals surface area (Å²) in [5, 5.41) is 6.17. The Kier molecular flexibility index (Phi) is 5.18. The third kappa shape index (κ3) is 4.54. The number of carbonyl (C=O) groups excluding carboxylic acids is 1. The molecule has 5 heteroatoms. The minimum atomic E-state index is 0.0332. The topological polar surface area (TPSA) is 59.6 Å². The summed E-state index contributed by atoms with van der Waals surface area (Å²) in [5.74, 6) is 0.833. The van der Waals surface area contributed by atoms with Crippen molar-refractivity contribution in [3.05, 3.63) is 29.8 Å². The Labute approximate surface area is 113 Å². The number of nitrogens with one attached hydrogen (secondary N) is 2. The Bertz CT molecular complexity index is 417. The fraction of sp³-hybridized carbons (Fsp3) is 0.500. The van der Waals surface area contributed by atoms with Gasteiger partial charge in [-0.1, -0.05) is 12.1 Å². The highest BCUT2D eigenvalue weighted by molar-refractivity contribution is 5.76. The fourth-order valence-electron chi connectivity index (χ4n) is 2.03. The third-order valence-corrected chi connectivity index (χ3v) is 3.05. The number of hydrogen-bond acceptors (Lipinski definition) is 4. The zero-order chi connectivity index (χ0) is 13.5. The predicted octanol–water partition coefficient (Wildman–Crippen LogP) is 0.690. The molecule has 1 fully saturated rings. The summed E-state index contributed by atoms with van der Waals surface area (Å²) < 4.78 is 10.5. The Morgan fingerprint density at radius 2 is 2.47 bits per heavy atom. The third-order valence-electron chi connectivity index (χ3n) is 3.05. The molecule has 1 aromatic carbocycles. The van der Waals surface area contributed by atoms with Crippen molar-refractivity contribution in [2.45, 2.75) is 19.0 Å². The molecule has 1 aliphatic heterocycles. The highest BCUT2D eigenvalue weighted by atomic mass is 16.5. The molecule has 0 saturated carbocycles. The van der Waals surface area contributed by atoms with Gasteiger partial charge < -0.3 is 20.1 Å². The molecule has 0 aromatic heterocycles. The van der Waals surface area contributed by atoms with Crippen LogP contribution in [0.4, 0.5) is 0 Å². The van der Waals surface area contributed by atoms with E-state index in [1.54, 1.807) is 7.11 Å². The van der Waals surface area contributed by atoms with E-state index in [1.165, 1.54) is 0 Å². The highest BCUT2D eigenvalue weighted by Crippen LogP contribution is 2.12. The summed E-state index contributed by atoms with van der Waals surface area (Å²) >= 11 is 0. The summed E-state index contributed by atoms with van der Waals surface area (Å²) in [4.78, 5) is 11.8. The van der Waals surface area contributed by atoms with E-state index in [1.807, 2.05) is 24.3 Å². The Morgan fingerprint density at radius 3 is 3.21 bits per heavy atom. The maximum atomic E-state index is 11.8. The summed E-state index contributed by atoms with van der Waals surface area (Å²) in [6.45, 7) is 2.66. The molecule has 0 aliphatic carbocycles. The van der Waals surface area contributed by atoms with Crippen LogP contribution in [-0.4, -0.2) is 38.8 Å². The summed E-state index contributed by atoms with van der Waals surface area (Å²) in [6.07, 6.45) is 0.448. The van der Waals surface area contributed by atoms with Crippen LogP contribution >= 0.6 is 0 Å². The zero-order valence-electron chi connectivity index (χ0n) is 11.1. The lowest BCUT2D eigenvalue weighted by Crippen LogP contribution is -2.44. The standard InChI is InChI=1S/C14H20N2O3/c1-18-13-4-2-3-11(7-13)9-16-14(17)8-12-10-19-6-5-15-12/h2-4,7,12,15H,5-6,8-10H2,1H3,(H,16,17). The van der Waals surface area contributed by atoms with E-state index < -0.39 is 0 Å². The lowest BCUT2D eigenvalue weighted by atomic mass is 10.1. The van der Waals surface area contributed by atoms with Gasteiger partial charge in [0.25, 0.3) is 0 Å². The normalized spacial score (nSPS) is 18.9. The number of benzene rings is 1. The van der Waals surface area contributed by atoms with Crippen molar-refractivity contribution in [3.63, 3.8) is 0 Å². The number of amides is 1. The number of rotatable bonds is 5. The van der Waals surface area contributed by atoms with Gasteiger partial charge >= 0.3 is 0 Å². The number of hydrogen-bond donors (Lipinski definition) is 2. The Balaban J connectivity index is 1.76. The van der Waals surface area contributed by atoms with Gasteiger partial charge in [0, 0.05) is 25.6 Å². The molecule has 104 valence electrons. The minimum absolute atomic E-state index is 0.0332. The smallest absolute Gasteiger partial charge is 0.221 e. The number of ether oxygens (including phenoxy) is 2.